The first kappa shape index (κ1) is 13.5. The second-order valence-electron chi connectivity index (χ2n) is 4.10. The molecule has 0 saturated carbocycles. The normalized spacial score (nSPS) is 19.2. The van der Waals surface area contributed by atoms with E-state index >= 15 is 0 Å². The third kappa shape index (κ3) is 2.50. The average Bonchev–Trinajstić information content (AvgIpc) is 1.99. The van der Waals surface area contributed by atoms with Crippen molar-refractivity contribution in [2.24, 2.45) is 11.8 Å². The van der Waals surface area contributed by atoms with E-state index in [1.165, 1.54) is 6.92 Å². The first-order valence-electron chi connectivity index (χ1n) is 4.49. The van der Waals surface area contributed by atoms with E-state index in [0.717, 1.165) is 6.92 Å². The average molecular weight is 210 g/mol. The maximum absolute atomic E-state index is 12.4. The van der Waals surface area contributed by atoms with Crippen molar-refractivity contribution in [3.63, 3.8) is 0 Å². The maximum Gasteiger partial charge on any atom is 0.417 e. The van der Waals surface area contributed by atoms with Crippen LogP contribution < -0.4 is 0 Å². The fraction of sp³-hybridized carbons (Fsp3) is 0.800. The molecule has 14 heavy (non-hydrogen) atoms. The Balaban J connectivity index is 4.85. The molecule has 0 aromatic carbocycles. The van der Waals surface area contributed by atoms with Crippen LogP contribution in [0, 0.1) is 11.8 Å². The smallest absolute Gasteiger partial charge is 0.380 e. The molecule has 0 aliphatic rings. The van der Waals surface area contributed by atoms with Crippen LogP contribution >= 0.6 is 0 Å². The van der Waals surface area contributed by atoms with Crippen LogP contribution in [0.25, 0.3) is 0 Å². The zero-order chi connectivity index (χ0) is 11.7. The molecule has 0 saturated heterocycles. The second-order valence-corrected chi connectivity index (χ2v) is 4.10. The Morgan fingerprint density at radius 2 is 1.57 bits per heavy atom. The highest BCUT2D eigenvalue weighted by atomic mass is 19.4. The van der Waals surface area contributed by atoms with Crippen LogP contribution in [-0.2, 0) is 0 Å². The Bertz CT molecular complexity index is 216. The zero-order valence-corrected chi connectivity index (χ0v) is 8.94. The quantitative estimate of drug-likeness (QED) is 0.709. The van der Waals surface area contributed by atoms with E-state index in [1.54, 1.807) is 13.8 Å². The van der Waals surface area contributed by atoms with Gasteiger partial charge < -0.3 is 5.11 Å². The summed E-state index contributed by atoms with van der Waals surface area (Å²) >= 11 is 0. The number of hydrogen-bond acceptors (Lipinski definition) is 1. The molecule has 2 unspecified atom stereocenters. The summed E-state index contributed by atoms with van der Waals surface area (Å²) in [5.41, 5.74) is -2.29. The molecule has 0 aliphatic heterocycles. The molecule has 0 spiro atoms. The van der Waals surface area contributed by atoms with E-state index in [-0.39, 0.29) is 5.92 Å². The van der Waals surface area contributed by atoms with Crippen LogP contribution in [0.3, 0.4) is 0 Å². The SMILES string of the molecule is C=C(C(C)C)C(C)C(C)(O)C(F)(F)F. The third-order valence-corrected chi connectivity index (χ3v) is 2.71. The summed E-state index contributed by atoms with van der Waals surface area (Å²) in [6.45, 7) is 9.21. The van der Waals surface area contributed by atoms with E-state index in [4.69, 9.17) is 0 Å². The lowest BCUT2D eigenvalue weighted by molar-refractivity contribution is -0.266. The van der Waals surface area contributed by atoms with Gasteiger partial charge in [0.25, 0.3) is 0 Å². The predicted octanol–water partition coefficient (Wildman–Crippen LogP) is 3.15. The molecule has 0 aromatic heterocycles. The van der Waals surface area contributed by atoms with Crippen molar-refractivity contribution < 1.29 is 18.3 Å². The third-order valence-electron chi connectivity index (χ3n) is 2.71. The van der Waals surface area contributed by atoms with E-state index < -0.39 is 17.7 Å². The lowest BCUT2D eigenvalue weighted by Crippen LogP contribution is -2.48. The number of rotatable bonds is 3. The Kier molecular flexibility index (Phi) is 3.78. The van der Waals surface area contributed by atoms with E-state index in [1.807, 2.05) is 0 Å². The van der Waals surface area contributed by atoms with E-state index in [9.17, 15) is 18.3 Å². The van der Waals surface area contributed by atoms with Gasteiger partial charge in [-0.25, -0.2) is 0 Å². The summed E-state index contributed by atoms with van der Waals surface area (Å²) in [6, 6.07) is 0. The van der Waals surface area contributed by atoms with Crippen LogP contribution in [0.2, 0.25) is 0 Å². The molecular weight excluding hydrogens is 193 g/mol. The molecule has 0 aliphatic carbocycles. The summed E-state index contributed by atoms with van der Waals surface area (Å²) in [7, 11) is 0. The second kappa shape index (κ2) is 3.93. The Morgan fingerprint density at radius 1 is 1.21 bits per heavy atom. The van der Waals surface area contributed by atoms with Gasteiger partial charge in [-0.05, 0) is 12.8 Å². The monoisotopic (exact) mass is 210 g/mol. The Morgan fingerprint density at radius 3 is 1.79 bits per heavy atom. The molecule has 4 heteroatoms. The Hall–Kier alpha value is -0.510. The summed E-state index contributed by atoms with van der Waals surface area (Å²) in [6.07, 6.45) is -4.62. The van der Waals surface area contributed by atoms with Crippen LogP contribution in [0.15, 0.2) is 12.2 Å². The molecule has 0 radical (unpaired) electrons. The fourth-order valence-corrected chi connectivity index (χ4v) is 1.11. The fourth-order valence-electron chi connectivity index (χ4n) is 1.11. The minimum Gasteiger partial charge on any atom is -0.380 e. The molecule has 2 atom stereocenters. The summed E-state index contributed by atoms with van der Waals surface area (Å²) in [5, 5.41) is 9.35. The summed E-state index contributed by atoms with van der Waals surface area (Å²) < 4.78 is 37.2. The standard InChI is InChI=1S/C10H17F3O/c1-6(2)7(3)8(4)9(5,14)10(11,12)13/h6,8,14H,3H2,1-2,4-5H3. The molecule has 0 bridgehead atoms. The van der Waals surface area contributed by atoms with Gasteiger partial charge in [0.2, 0.25) is 0 Å². The lowest BCUT2D eigenvalue weighted by atomic mass is 9.80. The van der Waals surface area contributed by atoms with E-state index in [2.05, 4.69) is 6.58 Å². The van der Waals surface area contributed by atoms with Gasteiger partial charge in [0.1, 0.15) is 0 Å². The number of alkyl halides is 3. The highest BCUT2D eigenvalue weighted by molar-refractivity contribution is 5.10. The van der Waals surface area contributed by atoms with Gasteiger partial charge in [0.05, 0.1) is 0 Å². The van der Waals surface area contributed by atoms with Crippen molar-refractivity contribution in [3.05, 3.63) is 12.2 Å². The maximum atomic E-state index is 12.4. The zero-order valence-electron chi connectivity index (χ0n) is 8.94. The van der Waals surface area contributed by atoms with Crippen LogP contribution in [0.4, 0.5) is 13.2 Å². The van der Waals surface area contributed by atoms with Crippen LogP contribution in [-0.4, -0.2) is 16.9 Å². The van der Waals surface area contributed by atoms with Gasteiger partial charge in [-0.1, -0.05) is 32.9 Å². The van der Waals surface area contributed by atoms with Crippen LogP contribution in [0.1, 0.15) is 27.7 Å². The van der Waals surface area contributed by atoms with Gasteiger partial charge in [0, 0.05) is 5.92 Å². The number of halogens is 3. The van der Waals surface area contributed by atoms with Gasteiger partial charge in [-0.15, -0.1) is 0 Å². The summed E-state index contributed by atoms with van der Waals surface area (Å²) in [4.78, 5) is 0. The first-order chi connectivity index (χ1) is 6.01. The molecule has 0 aromatic rings. The molecule has 0 heterocycles. The minimum absolute atomic E-state index is 0.0705. The Labute approximate surface area is 82.6 Å². The number of hydrogen-bond donors (Lipinski definition) is 1. The highest BCUT2D eigenvalue weighted by Gasteiger charge is 2.53. The van der Waals surface area contributed by atoms with Crippen molar-refractivity contribution in [2.45, 2.75) is 39.5 Å². The minimum atomic E-state index is -4.62. The molecule has 84 valence electrons. The van der Waals surface area contributed by atoms with Crippen LogP contribution in [0.5, 0.6) is 0 Å². The van der Waals surface area contributed by atoms with E-state index in [0.29, 0.717) is 5.57 Å². The lowest BCUT2D eigenvalue weighted by Gasteiger charge is -2.34. The molecule has 0 fully saturated rings. The largest absolute Gasteiger partial charge is 0.417 e. The van der Waals surface area contributed by atoms with Gasteiger partial charge in [0.15, 0.2) is 5.60 Å². The highest BCUT2D eigenvalue weighted by Crippen LogP contribution is 2.40. The summed E-state index contributed by atoms with van der Waals surface area (Å²) in [5.74, 6) is -1.07. The van der Waals surface area contributed by atoms with Crippen molar-refractivity contribution in [2.75, 3.05) is 0 Å². The van der Waals surface area contributed by atoms with Gasteiger partial charge in [-0.2, -0.15) is 13.2 Å². The van der Waals surface area contributed by atoms with Crippen molar-refractivity contribution in [1.29, 1.82) is 0 Å². The topological polar surface area (TPSA) is 20.2 Å². The first-order valence-corrected chi connectivity index (χ1v) is 4.49. The molecular formula is C10H17F3O. The van der Waals surface area contributed by atoms with Crippen molar-refractivity contribution in [3.8, 4) is 0 Å². The van der Waals surface area contributed by atoms with Gasteiger partial charge in [-0.3, -0.25) is 0 Å². The molecule has 1 nitrogen and oxygen atoms in total. The van der Waals surface area contributed by atoms with Crippen molar-refractivity contribution in [1.82, 2.24) is 0 Å². The molecule has 0 rings (SSSR count). The number of aliphatic hydroxyl groups is 1. The van der Waals surface area contributed by atoms with Crippen molar-refractivity contribution >= 4 is 0 Å². The predicted molar refractivity (Wildman–Crippen MR) is 49.8 cm³/mol. The molecule has 1 N–H and O–H groups in total. The van der Waals surface area contributed by atoms with Gasteiger partial charge >= 0.3 is 6.18 Å². The molecule has 0 amide bonds.